The molecule has 0 amide bonds. The number of hydrogen-bond donors (Lipinski definition) is 0. The molecule has 6 heteroatoms. The minimum atomic E-state index is -0.775. The summed E-state index contributed by atoms with van der Waals surface area (Å²) in [7, 11) is 0. The monoisotopic (exact) mass is 1120 g/mol. The first-order valence-corrected chi connectivity index (χ1v) is 36.0. The molecular formula is C74H138O6. The van der Waals surface area contributed by atoms with Crippen LogP contribution in [0.25, 0.3) is 0 Å². The Balaban J connectivity index is 4.15. The number of rotatable bonds is 67. The Bertz CT molecular complexity index is 1340. The minimum absolute atomic E-state index is 0.0709. The van der Waals surface area contributed by atoms with Gasteiger partial charge in [-0.05, 0) is 70.6 Å². The zero-order chi connectivity index (χ0) is 57.8. The van der Waals surface area contributed by atoms with Crippen LogP contribution in [0.4, 0.5) is 0 Å². The maximum Gasteiger partial charge on any atom is 0.306 e. The average molecular weight is 1120 g/mol. The summed E-state index contributed by atoms with van der Waals surface area (Å²) in [6.45, 7) is 6.66. The molecule has 470 valence electrons. The number of ether oxygens (including phenoxy) is 3. The Morgan fingerprint density at radius 1 is 0.250 bits per heavy atom. The van der Waals surface area contributed by atoms with E-state index in [1.807, 2.05) is 0 Å². The van der Waals surface area contributed by atoms with Gasteiger partial charge in [-0.25, -0.2) is 0 Å². The molecule has 0 saturated heterocycles. The number of esters is 3. The van der Waals surface area contributed by atoms with Crippen molar-refractivity contribution in [2.24, 2.45) is 0 Å². The van der Waals surface area contributed by atoms with Crippen LogP contribution in [0.2, 0.25) is 0 Å². The quantitative estimate of drug-likeness (QED) is 0.0261. The van der Waals surface area contributed by atoms with Crippen molar-refractivity contribution >= 4 is 17.9 Å². The second-order valence-corrected chi connectivity index (χ2v) is 24.5. The molecule has 80 heavy (non-hydrogen) atoms. The van der Waals surface area contributed by atoms with Gasteiger partial charge in [-0.2, -0.15) is 0 Å². The first-order chi connectivity index (χ1) is 39.5. The molecule has 1 unspecified atom stereocenters. The van der Waals surface area contributed by atoms with Gasteiger partial charge in [-0.15, -0.1) is 0 Å². The summed E-state index contributed by atoms with van der Waals surface area (Å²) in [6, 6.07) is 0. The molecule has 6 nitrogen and oxygen atoms in total. The fourth-order valence-electron chi connectivity index (χ4n) is 10.9. The van der Waals surface area contributed by atoms with Crippen molar-refractivity contribution in [2.45, 2.75) is 406 Å². The molecule has 0 aliphatic carbocycles. The van der Waals surface area contributed by atoms with Crippen LogP contribution in [0.15, 0.2) is 36.5 Å². The van der Waals surface area contributed by atoms with Gasteiger partial charge in [0, 0.05) is 19.3 Å². The van der Waals surface area contributed by atoms with Crippen LogP contribution in [0.3, 0.4) is 0 Å². The number of carbonyl (C=O) groups excluding carboxylic acids is 3. The Kier molecular flexibility index (Phi) is 67.1. The summed E-state index contributed by atoms with van der Waals surface area (Å²) in [5.41, 5.74) is 0. The highest BCUT2D eigenvalue weighted by Gasteiger charge is 2.19. The molecule has 0 heterocycles. The summed E-state index contributed by atoms with van der Waals surface area (Å²) in [4.78, 5) is 38.4. The van der Waals surface area contributed by atoms with Crippen LogP contribution in [-0.2, 0) is 28.6 Å². The topological polar surface area (TPSA) is 78.9 Å². The Morgan fingerprint density at radius 3 is 0.738 bits per heavy atom. The smallest absolute Gasteiger partial charge is 0.306 e. The van der Waals surface area contributed by atoms with Crippen molar-refractivity contribution in [3.8, 4) is 0 Å². The lowest BCUT2D eigenvalue weighted by atomic mass is 10.0. The second-order valence-electron chi connectivity index (χ2n) is 24.5. The van der Waals surface area contributed by atoms with Crippen molar-refractivity contribution in [3.63, 3.8) is 0 Å². The molecule has 0 aliphatic rings. The highest BCUT2D eigenvalue weighted by Crippen LogP contribution is 2.19. The molecule has 0 bridgehead atoms. The first kappa shape index (κ1) is 77.6. The first-order valence-electron chi connectivity index (χ1n) is 36.0. The largest absolute Gasteiger partial charge is 0.462 e. The van der Waals surface area contributed by atoms with Gasteiger partial charge in [-0.1, -0.05) is 346 Å². The lowest BCUT2D eigenvalue weighted by Gasteiger charge is -2.18. The van der Waals surface area contributed by atoms with E-state index >= 15 is 0 Å². The maximum absolute atomic E-state index is 12.9. The Morgan fingerprint density at radius 2 is 0.463 bits per heavy atom. The second kappa shape index (κ2) is 69.1. The molecule has 1 atom stereocenters. The number of carbonyl (C=O) groups is 3. The van der Waals surface area contributed by atoms with E-state index in [2.05, 4.69) is 57.2 Å². The Labute approximate surface area is 499 Å². The lowest BCUT2D eigenvalue weighted by Crippen LogP contribution is -2.30. The van der Waals surface area contributed by atoms with Crippen molar-refractivity contribution in [2.75, 3.05) is 13.2 Å². The molecule has 0 aromatic heterocycles. The third-order valence-electron chi connectivity index (χ3n) is 16.4. The summed E-state index contributed by atoms with van der Waals surface area (Å²) in [6.07, 6.45) is 86.2. The van der Waals surface area contributed by atoms with Crippen LogP contribution < -0.4 is 0 Å². The van der Waals surface area contributed by atoms with Gasteiger partial charge in [0.05, 0.1) is 0 Å². The summed E-state index contributed by atoms with van der Waals surface area (Å²) >= 11 is 0. The van der Waals surface area contributed by atoms with Crippen molar-refractivity contribution in [3.05, 3.63) is 36.5 Å². The van der Waals surface area contributed by atoms with Gasteiger partial charge >= 0.3 is 17.9 Å². The van der Waals surface area contributed by atoms with Gasteiger partial charge in [0.25, 0.3) is 0 Å². The van der Waals surface area contributed by atoms with Crippen molar-refractivity contribution in [1.29, 1.82) is 0 Å². The van der Waals surface area contributed by atoms with Crippen LogP contribution >= 0.6 is 0 Å². The van der Waals surface area contributed by atoms with Gasteiger partial charge in [-0.3, -0.25) is 14.4 Å². The van der Waals surface area contributed by atoms with E-state index in [-0.39, 0.29) is 31.1 Å². The molecule has 0 saturated carbocycles. The highest BCUT2D eigenvalue weighted by atomic mass is 16.6. The number of hydrogen-bond acceptors (Lipinski definition) is 6. The van der Waals surface area contributed by atoms with E-state index in [4.69, 9.17) is 14.2 Å². The predicted molar refractivity (Wildman–Crippen MR) is 349 cm³/mol. The molecule has 0 N–H and O–H groups in total. The third-order valence-corrected chi connectivity index (χ3v) is 16.4. The average Bonchev–Trinajstić information content (AvgIpc) is 3.46. The van der Waals surface area contributed by atoms with E-state index in [0.717, 1.165) is 70.6 Å². The van der Waals surface area contributed by atoms with Crippen LogP contribution in [0.5, 0.6) is 0 Å². The molecular weight excluding hydrogens is 985 g/mol. The van der Waals surface area contributed by atoms with Gasteiger partial charge in [0.2, 0.25) is 0 Å². The van der Waals surface area contributed by atoms with E-state index in [1.54, 1.807) is 0 Å². The molecule has 0 aliphatic heterocycles. The van der Waals surface area contributed by atoms with E-state index in [0.29, 0.717) is 19.3 Å². The molecule has 0 aromatic rings. The SMILES string of the molecule is CCCC/C=C\CCCCCCCC(=O)OCC(COC(=O)CCCCCCCCCCCCCCCCCCCCCCCCCCCCCC)OC(=O)CCCCCCCCCCCCC/C=C\C/C=C\CCCCCCC. The van der Waals surface area contributed by atoms with Crippen molar-refractivity contribution < 1.29 is 28.6 Å². The minimum Gasteiger partial charge on any atom is -0.462 e. The lowest BCUT2D eigenvalue weighted by molar-refractivity contribution is -0.167. The van der Waals surface area contributed by atoms with Crippen LogP contribution in [-0.4, -0.2) is 37.2 Å². The van der Waals surface area contributed by atoms with Gasteiger partial charge in [0.15, 0.2) is 6.10 Å². The zero-order valence-corrected chi connectivity index (χ0v) is 54.1. The molecule has 0 radical (unpaired) electrons. The fraction of sp³-hybridized carbons (Fsp3) is 0.878. The van der Waals surface area contributed by atoms with Gasteiger partial charge < -0.3 is 14.2 Å². The molecule has 0 rings (SSSR count). The van der Waals surface area contributed by atoms with E-state index < -0.39 is 6.10 Å². The maximum atomic E-state index is 12.9. The standard InChI is InChI=1S/C74H138O6/c1-4-7-10-13-16-19-22-24-26-28-30-32-34-35-36-37-38-40-41-43-45-47-49-52-55-58-61-64-67-73(76)79-70-71(69-78-72(75)66-63-60-57-54-51-21-18-15-12-9-6-3)80-74(77)68-65-62-59-56-53-50-48-46-44-42-39-33-31-29-27-25-23-20-17-14-11-8-5-2/h15,18,23,25,29,31,71H,4-14,16-17,19-22,24,26-28,30,32-70H2,1-3H3/b18-15-,25-23-,31-29-. The third kappa shape index (κ3) is 66.4. The predicted octanol–water partition coefficient (Wildman–Crippen LogP) is 24.7. The zero-order valence-electron chi connectivity index (χ0n) is 54.1. The highest BCUT2D eigenvalue weighted by molar-refractivity contribution is 5.71. The molecule has 0 aromatic carbocycles. The van der Waals surface area contributed by atoms with Crippen LogP contribution in [0.1, 0.15) is 400 Å². The number of allylic oxidation sites excluding steroid dienone is 6. The van der Waals surface area contributed by atoms with Gasteiger partial charge in [0.1, 0.15) is 13.2 Å². The summed E-state index contributed by atoms with van der Waals surface area (Å²) < 4.78 is 17.0. The summed E-state index contributed by atoms with van der Waals surface area (Å²) in [5, 5.41) is 0. The Hall–Kier alpha value is -2.37. The molecule has 0 fully saturated rings. The van der Waals surface area contributed by atoms with E-state index in [9.17, 15) is 14.4 Å². The van der Waals surface area contributed by atoms with Crippen molar-refractivity contribution in [1.82, 2.24) is 0 Å². The van der Waals surface area contributed by atoms with E-state index in [1.165, 1.54) is 289 Å². The summed E-state index contributed by atoms with van der Waals surface area (Å²) in [5.74, 6) is -0.856. The normalized spacial score (nSPS) is 12.2. The van der Waals surface area contributed by atoms with Crippen LogP contribution in [0, 0.1) is 0 Å². The molecule has 0 spiro atoms. The fourth-order valence-corrected chi connectivity index (χ4v) is 10.9. The number of unbranched alkanes of at least 4 members (excludes halogenated alkanes) is 50.